The molecule has 3 fully saturated rings. The number of aromatic nitrogens is 2. The molecule has 0 unspecified atom stereocenters. The van der Waals surface area contributed by atoms with Gasteiger partial charge in [-0.15, -0.1) is 11.8 Å². The van der Waals surface area contributed by atoms with Crippen molar-refractivity contribution in [3.8, 4) is 5.75 Å². The van der Waals surface area contributed by atoms with Crippen molar-refractivity contribution in [3.05, 3.63) is 114 Å². The highest BCUT2D eigenvalue weighted by atomic mass is 32.2. The number of aromatic amines is 2. The number of hydrogen-bond acceptors (Lipinski definition) is 24. The van der Waals surface area contributed by atoms with Gasteiger partial charge in [0.1, 0.15) is 72.2 Å². The third-order valence-corrected chi connectivity index (χ3v) is 26.3. The number of benzene rings is 3. The molecular formula is C94H129N19O22S. The Morgan fingerprint density at radius 3 is 1.67 bits per heavy atom. The molecule has 41 nitrogen and oxygen atoms in total. The predicted octanol–water partition coefficient (Wildman–Crippen LogP) is 0.731. The number of aliphatic imine (C=N–C) groups is 1. The van der Waals surface area contributed by atoms with Crippen molar-refractivity contribution in [1.29, 1.82) is 0 Å². The number of Topliss-reactive ketones (excluding diaryl/α,β-unsaturated/α-hetero) is 2. The maximum atomic E-state index is 15.8. The van der Waals surface area contributed by atoms with E-state index in [9.17, 15) is 63.3 Å². The van der Waals surface area contributed by atoms with E-state index in [0.717, 1.165) is 31.4 Å². The van der Waals surface area contributed by atoms with Gasteiger partial charge >= 0.3 is 11.9 Å². The van der Waals surface area contributed by atoms with E-state index >= 15 is 38.4 Å². The molecule has 15 atom stereocenters. The number of likely N-dealkylation sites (N-methyl/N-ethyl adjacent to an activating group) is 3. The first kappa shape index (κ1) is 107. The molecule has 0 aliphatic carbocycles. The van der Waals surface area contributed by atoms with Crippen LogP contribution in [0.1, 0.15) is 166 Å². The quantitative estimate of drug-likeness (QED) is 0.0314. The fourth-order valence-electron chi connectivity index (χ4n) is 17.3. The molecule has 0 bridgehead atoms. The van der Waals surface area contributed by atoms with E-state index in [1.165, 1.54) is 46.3 Å². The summed E-state index contributed by atoms with van der Waals surface area (Å²) in [5, 5.41) is 54.7. The molecule has 9 rings (SSSR count). The Bertz CT molecular complexity index is 5200. The number of carbonyl (C=O) groups is 18. The summed E-state index contributed by atoms with van der Waals surface area (Å²) in [6.45, 7) is 4.04. The number of nitrogens with zero attached hydrogens (tertiary/aromatic N) is 6. The number of H-pyrrole nitrogens is 2. The maximum absolute atomic E-state index is 15.8. The number of thioether (sulfide) groups is 1. The van der Waals surface area contributed by atoms with Crippen molar-refractivity contribution in [2.24, 2.45) is 28.1 Å². The van der Waals surface area contributed by atoms with E-state index in [4.69, 9.17) is 21.9 Å². The topological polar surface area (TPSA) is 612 Å². The maximum Gasteiger partial charge on any atom is 0.303 e. The number of aliphatic hydroxyl groups is 1. The van der Waals surface area contributed by atoms with Crippen LogP contribution in [-0.4, -0.2) is 313 Å². The van der Waals surface area contributed by atoms with Crippen molar-refractivity contribution >= 4 is 146 Å². The second-order valence-corrected chi connectivity index (χ2v) is 36.0. The lowest BCUT2D eigenvalue weighted by Crippen LogP contribution is -2.60. The Hall–Kier alpha value is -13.0. The molecule has 4 aliphatic heterocycles. The summed E-state index contributed by atoms with van der Waals surface area (Å²) in [5.41, 5.74) is 21.3. The number of primary amides is 1. The van der Waals surface area contributed by atoms with Crippen LogP contribution in [0.4, 0.5) is 0 Å². The zero-order chi connectivity index (χ0) is 99.1. The lowest BCUT2D eigenvalue weighted by molar-refractivity contribution is -0.149. The van der Waals surface area contributed by atoms with Crippen LogP contribution < -0.4 is 64.5 Å². The van der Waals surface area contributed by atoms with E-state index in [2.05, 4.69) is 57.5 Å². The van der Waals surface area contributed by atoms with E-state index in [0.29, 0.717) is 75.5 Å². The molecule has 0 radical (unpaired) electrons. The summed E-state index contributed by atoms with van der Waals surface area (Å²) in [5.74, 6) is -18.7. The molecule has 0 spiro atoms. The van der Waals surface area contributed by atoms with Crippen molar-refractivity contribution in [2.45, 2.75) is 253 Å². The van der Waals surface area contributed by atoms with Crippen LogP contribution in [0.2, 0.25) is 0 Å². The zero-order valence-electron chi connectivity index (χ0n) is 77.8. The fourth-order valence-corrected chi connectivity index (χ4v) is 18.2. The van der Waals surface area contributed by atoms with Gasteiger partial charge in [-0.3, -0.25) is 91.3 Å². The predicted molar refractivity (Wildman–Crippen MR) is 502 cm³/mol. The Labute approximate surface area is 792 Å². The van der Waals surface area contributed by atoms with Gasteiger partial charge in [-0.25, -0.2) is 0 Å². The van der Waals surface area contributed by atoms with E-state index in [1.54, 1.807) is 91.4 Å². The first-order valence-electron chi connectivity index (χ1n) is 46.2. The number of carbonyl (C=O) groups excluding carboxylic acids is 16. The van der Waals surface area contributed by atoms with Gasteiger partial charge in [0.05, 0.1) is 31.1 Å². The fraction of sp³-hybridized carbons (Fsp3) is 0.543. The average molecular weight is 1910 g/mol. The Morgan fingerprint density at radius 1 is 0.529 bits per heavy atom. The summed E-state index contributed by atoms with van der Waals surface area (Å²) in [4.78, 5) is 279. The number of ether oxygens (including phenoxy) is 1. The van der Waals surface area contributed by atoms with E-state index in [-0.39, 0.29) is 90.3 Å². The van der Waals surface area contributed by atoms with Crippen LogP contribution in [-0.2, 0) is 106 Å². The van der Waals surface area contributed by atoms with E-state index < -0.39 is 266 Å². The van der Waals surface area contributed by atoms with E-state index in [1.807, 2.05) is 13.8 Å². The standard InChI is InChI=1S/C94H129N19O22S/c1-8-10-21-73-87(127)102-65(28-32-81(119)120)85(125)108-72(77(115)30-31-79(97)117)51-136-52-80(118)101-70(41-54-24-26-60(135-7)27-25-54)90(130)109(4)53(3)83(123)103-67(35-38-96)92(132)112-40-16-23-74(112)88(128)106-69(42-55-36-39-98-47-55)86(126)104-66(29-33-82(121)122)93(133)113-50-59(114)46-76(113)89(129)105-68(43-57-48-99-63-19-14-12-17-61(57)63)78(116)45-56(34-37-95)84(124)107-71(44-58-49-100-64-20-15-13-18-62(58)64)91(131)111(6)75(22-11-9-2)94(134)110(73)5/h12-15,17-20,24-27,39,47-49,53,56,59,65-76,99-100,114H,8-11,16,21-23,28-38,40-46,50-52,95-96H2,1-7H3,(H2,97,117)(H,101,118)(H,102,127)(H,103,123)(H,104,126)(H,105,129)(H,106,128)(H,107,124)(H,108,125)(H,119,120)(H,121,122)/t53-,56+,59+,65-,66-,67-,68-,69-,70-,71-,72-,73-,74-,75-,76-/m0/s1. The molecule has 3 aromatic carbocycles. The molecule has 738 valence electrons. The van der Waals surface area contributed by atoms with Gasteiger partial charge < -0.3 is 114 Å². The number of nitrogens with two attached hydrogens (primary N) is 3. The van der Waals surface area contributed by atoms with Crippen LogP contribution in [0.25, 0.3) is 21.8 Å². The summed E-state index contributed by atoms with van der Waals surface area (Å²) >= 11 is 0.790. The Balaban J connectivity index is 1.10. The molecule has 42 heteroatoms. The van der Waals surface area contributed by atoms with Gasteiger partial charge in [-0.2, -0.15) is 0 Å². The molecule has 6 heterocycles. The van der Waals surface area contributed by atoms with Gasteiger partial charge in [0.25, 0.3) is 0 Å². The highest BCUT2D eigenvalue weighted by molar-refractivity contribution is 8.00. The number of rotatable bonds is 29. The summed E-state index contributed by atoms with van der Waals surface area (Å²) < 4.78 is 5.35. The van der Waals surface area contributed by atoms with Gasteiger partial charge in [0, 0.05) is 157 Å². The minimum absolute atomic E-state index is 0.00973. The number of aliphatic hydroxyl groups excluding tert-OH is 1. The van der Waals surface area contributed by atoms with Crippen molar-refractivity contribution in [1.82, 2.24) is 77.0 Å². The van der Waals surface area contributed by atoms with Gasteiger partial charge in [-0.1, -0.05) is 88.1 Å². The first-order chi connectivity index (χ1) is 65.0. The molecule has 5 aromatic rings. The van der Waals surface area contributed by atoms with Gasteiger partial charge in [0.15, 0.2) is 11.6 Å². The lowest BCUT2D eigenvalue weighted by Gasteiger charge is -2.36. The van der Waals surface area contributed by atoms with Crippen LogP contribution in [0.3, 0.4) is 0 Å². The smallest absolute Gasteiger partial charge is 0.303 e. The largest absolute Gasteiger partial charge is 0.497 e. The molecule has 4 aliphatic rings. The van der Waals surface area contributed by atoms with Crippen molar-refractivity contribution in [3.63, 3.8) is 0 Å². The monoisotopic (exact) mass is 1910 g/mol. The molecule has 14 amide bonds. The number of methoxy groups -OCH3 is 1. The number of ketones is 2. The Kier molecular flexibility index (Phi) is 40.5. The number of carboxylic acid groups (broad SMARTS) is 2. The molecule has 2 aromatic heterocycles. The highest BCUT2D eigenvalue weighted by Gasteiger charge is 2.47. The number of hydrogen-bond donors (Lipinski definition) is 16. The third-order valence-electron chi connectivity index (χ3n) is 25.2. The van der Waals surface area contributed by atoms with Crippen molar-refractivity contribution in [2.75, 3.05) is 65.9 Å². The molecule has 19 N–H and O–H groups in total. The normalized spacial score (nSPS) is 25.1. The van der Waals surface area contributed by atoms with Crippen LogP contribution in [0, 0.1) is 5.92 Å². The number of para-hydroxylation sites is 2. The second-order valence-electron chi connectivity index (χ2n) is 35.0. The number of nitrogens with one attached hydrogen (secondary N) is 10. The number of amides is 14. The second kappa shape index (κ2) is 51.7. The number of unbranched alkanes of at least 4 members (excludes halogenated alkanes) is 2. The summed E-state index contributed by atoms with van der Waals surface area (Å²) in [6.07, 6.45) is 0.843. The highest BCUT2D eigenvalue weighted by Crippen LogP contribution is 2.30. The lowest BCUT2D eigenvalue weighted by atomic mass is 9.91. The van der Waals surface area contributed by atoms with Crippen LogP contribution in [0.5, 0.6) is 5.75 Å². The summed E-state index contributed by atoms with van der Waals surface area (Å²) in [7, 11) is 5.40. The average Bonchev–Trinajstić information content (AvgIpc) is 1.58. The molecule has 3 saturated heterocycles. The van der Waals surface area contributed by atoms with Crippen LogP contribution >= 0.6 is 11.8 Å². The number of fused-ring (bicyclic) bond motifs is 4. The molecule has 0 saturated carbocycles. The van der Waals surface area contributed by atoms with Crippen molar-refractivity contribution < 1.29 is 106 Å². The number of carboxylic acids is 2. The minimum atomic E-state index is -1.78. The Morgan fingerprint density at radius 2 is 1.07 bits per heavy atom. The molecular weight excluding hydrogens is 1780 g/mol. The van der Waals surface area contributed by atoms with Gasteiger partial charge in [-0.05, 0) is 124 Å². The van der Waals surface area contributed by atoms with Gasteiger partial charge in [0.2, 0.25) is 82.7 Å². The summed E-state index contributed by atoms with van der Waals surface area (Å²) in [6, 6.07) is 0.933. The minimum Gasteiger partial charge on any atom is -0.497 e. The first-order valence-corrected chi connectivity index (χ1v) is 47.3. The number of aliphatic carboxylic acids is 2. The zero-order valence-corrected chi connectivity index (χ0v) is 78.6. The van der Waals surface area contributed by atoms with Crippen LogP contribution in [0.15, 0.2) is 102 Å². The third kappa shape index (κ3) is 29.5. The SMILES string of the molecule is CCCC[C@H]1C(=O)N(C)[C@@H](CCCC)C(=O)N[C@@H](CCC(=O)O)C(=O)N[C@H](C(=O)CCC(N)=O)CSCC(=O)N[C@@H](Cc2ccc(OC)cc2)C(=O)N(C)[C@@H](C)C(=O)N[C@@H](CCN)C(=O)N2CCC[C@H]2C(=O)N[C@@H](CC2=CN=CC2)C(=O)N[C@@H](CCC(=O)O)C(=O)N2C[C@H](O)C[C@H]2C(=O)N[C@@H](Cc2c[nH]c3ccccc23)C(=O)C[C@@H](CCN)C(=O)N[C@@H](Cc2c[nH]c3ccccc23)C(=O)N1C. The molecule has 136 heavy (non-hydrogen) atoms.